The molecule has 138 valence electrons. The van der Waals surface area contributed by atoms with Gasteiger partial charge in [0.1, 0.15) is 0 Å². The summed E-state index contributed by atoms with van der Waals surface area (Å²) in [4.78, 5) is 0. The van der Waals surface area contributed by atoms with Crippen LogP contribution >= 0.6 is 0 Å². The average Bonchev–Trinajstić information content (AvgIpc) is 2.67. The molecule has 0 N–H and O–H groups in total. The van der Waals surface area contributed by atoms with E-state index in [1.54, 1.807) is 7.11 Å². The van der Waals surface area contributed by atoms with E-state index in [0.717, 1.165) is 6.61 Å². The third-order valence-corrected chi connectivity index (χ3v) is 5.11. The van der Waals surface area contributed by atoms with Gasteiger partial charge in [-0.05, 0) is 56.1 Å². The summed E-state index contributed by atoms with van der Waals surface area (Å²) in [7, 11) is 1.79. The molecule has 0 bridgehead atoms. The zero-order valence-electron chi connectivity index (χ0n) is 16.1. The highest BCUT2D eigenvalue weighted by Crippen LogP contribution is 2.17. The number of hydrogen-bond acceptors (Lipinski definition) is 1. The molecule has 0 heterocycles. The van der Waals surface area contributed by atoms with E-state index in [0.29, 0.717) is 0 Å². The standard InChI is InChI=1S/C24H36O/c1-25-21-11-6-4-2-3-5-8-14-23-16-19-24(20-17-23)18-15-22-12-9-7-10-13-22/h9,12-13,16-17,19-20H,2-8,10-11,14-15,18,21H2,1H3. The highest BCUT2D eigenvalue weighted by Gasteiger charge is 2.00. The number of aryl methyl sites for hydroxylation is 2. The van der Waals surface area contributed by atoms with E-state index in [4.69, 9.17) is 4.74 Å². The summed E-state index contributed by atoms with van der Waals surface area (Å²) in [6, 6.07) is 9.34. The lowest BCUT2D eigenvalue weighted by molar-refractivity contribution is 0.192. The molecule has 1 heteroatoms. The Morgan fingerprint density at radius 2 is 1.36 bits per heavy atom. The summed E-state index contributed by atoms with van der Waals surface area (Å²) in [6.45, 7) is 0.921. The van der Waals surface area contributed by atoms with Crippen LogP contribution in [0.1, 0.15) is 75.3 Å². The summed E-state index contributed by atoms with van der Waals surface area (Å²) in [6.07, 6.45) is 22.4. The summed E-state index contributed by atoms with van der Waals surface area (Å²) in [5.74, 6) is 0. The van der Waals surface area contributed by atoms with Crippen LogP contribution in [0.2, 0.25) is 0 Å². The van der Waals surface area contributed by atoms with Crippen LogP contribution in [0.5, 0.6) is 0 Å². The number of methoxy groups -OCH3 is 1. The van der Waals surface area contributed by atoms with Crippen LogP contribution in [-0.4, -0.2) is 13.7 Å². The van der Waals surface area contributed by atoms with Crippen molar-refractivity contribution in [3.8, 4) is 0 Å². The van der Waals surface area contributed by atoms with Crippen LogP contribution in [0.25, 0.3) is 0 Å². The van der Waals surface area contributed by atoms with E-state index in [-0.39, 0.29) is 0 Å². The normalized spacial score (nSPS) is 13.9. The van der Waals surface area contributed by atoms with Crippen molar-refractivity contribution in [2.24, 2.45) is 0 Å². The number of allylic oxidation sites excluding steroid dienone is 4. The third-order valence-electron chi connectivity index (χ3n) is 5.11. The average molecular weight is 341 g/mol. The first-order chi connectivity index (χ1) is 12.4. The monoisotopic (exact) mass is 340 g/mol. The number of ether oxygens (including phenoxy) is 1. The third kappa shape index (κ3) is 9.07. The first-order valence-corrected chi connectivity index (χ1v) is 10.3. The molecule has 0 amide bonds. The van der Waals surface area contributed by atoms with Gasteiger partial charge in [-0.15, -0.1) is 0 Å². The Bertz CT molecular complexity index is 509. The molecule has 0 unspecified atom stereocenters. The van der Waals surface area contributed by atoms with Gasteiger partial charge < -0.3 is 4.74 Å². The molecule has 0 radical (unpaired) electrons. The number of benzene rings is 1. The van der Waals surface area contributed by atoms with Crippen molar-refractivity contribution >= 4 is 0 Å². The smallest absolute Gasteiger partial charge is 0.0462 e. The highest BCUT2D eigenvalue weighted by atomic mass is 16.5. The van der Waals surface area contributed by atoms with E-state index in [9.17, 15) is 0 Å². The van der Waals surface area contributed by atoms with Crippen molar-refractivity contribution in [2.75, 3.05) is 13.7 Å². The minimum Gasteiger partial charge on any atom is -0.385 e. The second-order valence-corrected chi connectivity index (χ2v) is 7.29. The van der Waals surface area contributed by atoms with Crippen molar-refractivity contribution in [3.63, 3.8) is 0 Å². The zero-order chi connectivity index (χ0) is 17.6. The van der Waals surface area contributed by atoms with Gasteiger partial charge in [0.15, 0.2) is 0 Å². The van der Waals surface area contributed by atoms with Gasteiger partial charge in [-0.2, -0.15) is 0 Å². The van der Waals surface area contributed by atoms with Crippen molar-refractivity contribution in [3.05, 3.63) is 59.2 Å². The molecule has 1 aromatic carbocycles. The van der Waals surface area contributed by atoms with Gasteiger partial charge in [-0.1, -0.05) is 80.2 Å². The molecule has 0 aromatic heterocycles. The van der Waals surface area contributed by atoms with Gasteiger partial charge in [0.2, 0.25) is 0 Å². The topological polar surface area (TPSA) is 9.23 Å². The summed E-state index contributed by atoms with van der Waals surface area (Å²) >= 11 is 0. The van der Waals surface area contributed by atoms with Gasteiger partial charge in [0.25, 0.3) is 0 Å². The molecule has 0 saturated heterocycles. The predicted molar refractivity (Wildman–Crippen MR) is 109 cm³/mol. The molecule has 0 atom stereocenters. The molecule has 1 aliphatic rings. The van der Waals surface area contributed by atoms with Gasteiger partial charge in [0, 0.05) is 13.7 Å². The lowest BCUT2D eigenvalue weighted by Gasteiger charge is -2.08. The maximum atomic E-state index is 5.08. The van der Waals surface area contributed by atoms with Crippen LogP contribution in [-0.2, 0) is 17.6 Å². The van der Waals surface area contributed by atoms with Crippen LogP contribution < -0.4 is 0 Å². The first kappa shape index (κ1) is 20.0. The van der Waals surface area contributed by atoms with Gasteiger partial charge in [-0.3, -0.25) is 0 Å². The molecule has 0 spiro atoms. The minimum absolute atomic E-state index is 0.921. The van der Waals surface area contributed by atoms with Crippen LogP contribution in [0.15, 0.2) is 48.1 Å². The lowest BCUT2D eigenvalue weighted by Crippen LogP contribution is -1.92. The Balaban J connectivity index is 1.53. The van der Waals surface area contributed by atoms with Crippen LogP contribution in [0.3, 0.4) is 0 Å². The summed E-state index contributed by atoms with van der Waals surface area (Å²) < 4.78 is 5.08. The Hall–Kier alpha value is -1.34. The molecule has 2 rings (SSSR count). The van der Waals surface area contributed by atoms with E-state index >= 15 is 0 Å². The largest absolute Gasteiger partial charge is 0.385 e. The second kappa shape index (κ2) is 12.9. The quantitative estimate of drug-likeness (QED) is 0.358. The minimum atomic E-state index is 0.921. The number of rotatable bonds is 13. The molecule has 1 nitrogen and oxygen atoms in total. The van der Waals surface area contributed by atoms with Crippen molar-refractivity contribution in [1.82, 2.24) is 0 Å². The molecule has 1 aliphatic carbocycles. The Kier molecular flexibility index (Phi) is 10.3. The lowest BCUT2D eigenvalue weighted by atomic mass is 9.98. The zero-order valence-corrected chi connectivity index (χ0v) is 16.1. The molecule has 25 heavy (non-hydrogen) atoms. The second-order valence-electron chi connectivity index (χ2n) is 7.29. The van der Waals surface area contributed by atoms with Crippen LogP contribution in [0, 0.1) is 0 Å². The molecular formula is C24H36O. The SMILES string of the molecule is COCCCCCCCCCc1ccc(CCC2=CCCC=C2)cc1. The summed E-state index contributed by atoms with van der Waals surface area (Å²) in [5.41, 5.74) is 4.48. The maximum absolute atomic E-state index is 5.08. The fourth-order valence-electron chi connectivity index (χ4n) is 3.47. The van der Waals surface area contributed by atoms with E-state index < -0.39 is 0 Å². The first-order valence-electron chi connectivity index (χ1n) is 10.3. The van der Waals surface area contributed by atoms with Crippen molar-refractivity contribution in [1.29, 1.82) is 0 Å². The maximum Gasteiger partial charge on any atom is 0.0462 e. The molecular weight excluding hydrogens is 304 g/mol. The van der Waals surface area contributed by atoms with E-state index in [2.05, 4.69) is 42.5 Å². The van der Waals surface area contributed by atoms with Gasteiger partial charge >= 0.3 is 0 Å². The molecule has 1 aromatic rings. The number of hydrogen-bond donors (Lipinski definition) is 0. The molecule has 0 fully saturated rings. The summed E-state index contributed by atoms with van der Waals surface area (Å²) in [5, 5.41) is 0. The van der Waals surface area contributed by atoms with E-state index in [1.165, 1.54) is 93.7 Å². The Labute approximate surface area is 155 Å². The molecule has 0 saturated carbocycles. The highest BCUT2D eigenvalue weighted by molar-refractivity contribution is 5.26. The van der Waals surface area contributed by atoms with Crippen LogP contribution in [0.4, 0.5) is 0 Å². The Morgan fingerprint density at radius 1 is 0.720 bits per heavy atom. The van der Waals surface area contributed by atoms with Crippen molar-refractivity contribution in [2.45, 2.75) is 77.0 Å². The molecule has 0 aliphatic heterocycles. The number of unbranched alkanes of at least 4 members (excludes halogenated alkanes) is 6. The predicted octanol–water partition coefficient (Wildman–Crippen LogP) is 6.82. The van der Waals surface area contributed by atoms with Crippen molar-refractivity contribution < 1.29 is 4.74 Å². The Morgan fingerprint density at radius 3 is 2.00 bits per heavy atom. The van der Waals surface area contributed by atoms with Gasteiger partial charge in [-0.25, -0.2) is 0 Å². The van der Waals surface area contributed by atoms with E-state index in [1.807, 2.05) is 0 Å². The fraction of sp³-hybridized carbons (Fsp3) is 0.583. The fourth-order valence-corrected chi connectivity index (χ4v) is 3.47. The van der Waals surface area contributed by atoms with Gasteiger partial charge in [0.05, 0.1) is 0 Å².